The zero-order valence-corrected chi connectivity index (χ0v) is 14.9. The van der Waals surface area contributed by atoms with Crippen LogP contribution in [0.3, 0.4) is 0 Å². The number of nitrogens with one attached hydrogen (secondary N) is 1. The van der Waals surface area contributed by atoms with Crippen LogP contribution in [0.4, 0.5) is 14.5 Å². The zero-order valence-electron chi connectivity index (χ0n) is 14.9. The molecule has 1 atom stereocenters. The van der Waals surface area contributed by atoms with Gasteiger partial charge in [0.05, 0.1) is 13.0 Å². The number of carbonyl (C=O) groups is 2. The lowest BCUT2D eigenvalue weighted by atomic mass is 10.1. The molecule has 1 heterocycles. The molecule has 0 aromatic heterocycles. The molecule has 27 heavy (non-hydrogen) atoms. The highest BCUT2D eigenvalue weighted by molar-refractivity contribution is 6.00. The van der Waals surface area contributed by atoms with E-state index in [1.807, 2.05) is 24.3 Å². The Morgan fingerprint density at radius 1 is 1.19 bits per heavy atom. The van der Waals surface area contributed by atoms with Crippen LogP contribution in [0.2, 0.25) is 0 Å². The highest BCUT2D eigenvalue weighted by Crippen LogP contribution is 2.29. The zero-order chi connectivity index (χ0) is 19.4. The van der Waals surface area contributed by atoms with Crippen molar-refractivity contribution in [1.82, 2.24) is 5.32 Å². The van der Waals surface area contributed by atoms with E-state index in [-0.39, 0.29) is 18.9 Å². The highest BCUT2D eigenvalue weighted by Gasteiger charge is 2.37. The van der Waals surface area contributed by atoms with Crippen LogP contribution in [-0.2, 0) is 16.0 Å². The van der Waals surface area contributed by atoms with E-state index in [1.165, 1.54) is 6.07 Å². The molecule has 2 aromatic rings. The highest BCUT2D eigenvalue weighted by atomic mass is 19.1. The van der Waals surface area contributed by atoms with Crippen LogP contribution in [0.25, 0.3) is 0 Å². The summed E-state index contributed by atoms with van der Waals surface area (Å²) in [4.78, 5) is 25.5. The van der Waals surface area contributed by atoms with Crippen molar-refractivity contribution < 1.29 is 23.1 Å². The summed E-state index contributed by atoms with van der Waals surface area (Å²) in [6, 6.07) is 10.9. The van der Waals surface area contributed by atoms with Gasteiger partial charge in [-0.2, -0.15) is 0 Å². The van der Waals surface area contributed by atoms with Gasteiger partial charge in [0, 0.05) is 19.5 Å². The number of benzene rings is 2. The van der Waals surface area contributed by atoms with Crippen molar-refractivity contribution >= 4 is 17.5 Å². The van der Waals surface area contributed by atoms with Gasteiger partial charge in [-0.15, -0.1) is 0 Å². The number of hydrogen-bond donors (Lipinski definition) is 1. The van der Waals surface area contributed by atoms with Gasteiger partial charge >= 0.3 is 0 Å². The number of methoxy groups -OCH3 is 1. The summed E-state index contributed by atoms with van der Waals surface area (Å²) in [6.07, 6.45) is 0.560. The van der Waals surface area contributed by atoms with Crippen molar-refractivity contribution in [2.45, 2.75) is 12.8 Å². The van der Waals surface area contributed by atoms with Crippen molar-refractivity contribution in [1.29, 1.82) is 0 Å². The van der Waals surface area contributed by atoms with Crippen LogP contribution >= 0.6 is 0 Å². The predicted molar refractivity (Wildman–Crippen MR) is 96.5 cm³/mol. The number of carbonyl (C=O) groups excluding carboxylic acids is 2. The summed E-state index contributed by atoms with van der Waals surface area (Å²) in [5.74, 6) is -2.27. The Labute approximate surface area is 155 Å². The van der Waals surface area contributed by atoms with E-state index >= 15 is 0 Å². The van der Waals surface area contributed by atoms with E-state index in [0.717, 1.165) is 28.3 Å². The van der Waals surface area contributed by atoms with Gasteiger partial charge in [0.1, 0.15) is 23.1 Å². The van der Waals surface area contributed by atoms with Crippen molar-refractivity contribution in [3.05, 3.63) is 59.7 Å². The van der Waals surface area contributed by atoms with Gasteiger partial charge in [-0.3, -0.25) is 9.59 Å². The largest absolute Gasteiger partial charge is 0.497 e. The first-order valence-corrected chi connectivity index (χ1v) is 8.64. The fourth-order valence-electron chi connectivity index (χ4n) is 3.11. The molecule has 1 aliphatic rings. The van der Waals surface area contributed by atoms with Crippen molar-refractivity contribution in [3.8, 4) is 5.75 Å². The maximum atomic E-state index is 13.9. The summed E-state index contributed by atoms with van der Waals surface area (Å²) >= 11 is 0. The predicted octanol–water partition coefficient (Wildman–Crippen LogP) is 2.69. The minimum atomic E-state index is -0.816. The summed E-state index contributed by atoms with van der Waals surface area (Å²) in [6.45, 7) is 0.370. The number of ether oxygens (including phenoxy) is 1. The molecule has 3 rings (SSSR count). The number of para-hydroxylation sites is 1. The lowest BCUT2D eigenvalue weighted by Gasteiger charge is -2.18. The number of anilines is 1. The molecule has 1 unspecified atom stereocenters. The lowest BCUT2D eigenvalue weighted by Crippen LogP contribution is -2.34. The Morgan fingerprint density at radius 3 is 2.48 bits per heavy atom. The maximum absolute atomic E-state index is 13.9. The molecule has 0 spiro atoms. The van der Waals surface area contributed by atoms with Crippen LogP contribution in [-0.4, -0.2) is 32.0 Å². The average molecular weight is 374 g/mol. The number of amides is 2. The van der Waals surface area contributed by atoms with E-state index < -0.39 is 29.1 Å². The second kappa shape index (κ2) is 8.16. The number of hydrogen-bond acceptors (Lipinski definition) is 3. The molecule has 1 aliphatic heterocycles. The van der Waals surface area contributed by atoms with Gasteiger partial charge in [-0.05, 0) is 36.2 Å². The maximum Gasteiger partial charge on any atom is 0.228 e. The molecular formula is C20H20F2N2O3. The third kappa shape index (κ3) is 4.24. The van der Waals surface area contributed by atoms with Gasteiger partial charge < -0.3 is 15.0 Å². The number of halogens is 2. The fourth-order valence-corrected chi connectivity index (χ4v) is 3.11. The normalized spacial score (nSPS) is 16.5. The van der Waals surface area contributed by atoms with Gasteiger partial charge in [0.25, 0.3) is 0 Å². The minimum Gasteiger partial charge on any atom is -0.497 e. The standard InChI is InChI=1S/C20H20F2N2O3/c1-27-15-7-5-13(6-8-15)9-10-23-20(26)14-11-18(25)24(12-14)19-16(21)3-2-4-17(19)22/h2-8,14H,9-12H2,1H3,(H,23,26). The molecule has 1 fully saturated rings. The number of nitrogens with zero attached hydrogens (tertiary/aromatic N) is 1. The van der Waals surface area contributed by atoms with Crippen LogP contribution in [0, 0.1) is 17.6 Å². The molecule has 0 bridgehead atoms. The minimum absolute atomic E-state index is 0.0367. The third-order valence-electron chi connectivity index (χ3n) is 4.58. The molecule has 1 N–H and O–H groups in total. The van der Waals surface area contributed by atoms with Gasteiger partial charge in [-0.25, -0.2) is 8.78 Å². The van der Waals surface area contributed by atoms with Gasteiger partial charge in [-0.1, -0.05) is 18.2 Å². The van der Waals surface area contributed by atoms with Crippen molar-refractivity contribution in [2.24, 2.45) is 5.92 Å². The Hall–Kier alpha value is -2.96. The fraction of sp³-hybridized carbons (Fsp3) is 0.300. The summed E-state index contributed by atoms with van der Waals surface area (Å²) in [5.41, 5.74) is 0.643. The summed E-state index contributed by atoms with van der Waals surface area (Å²) in [7, 11) is 1.59. The van der Waals surface area contributed by atoms with E-state index in [2.05, 4.69) is 5.32 Å². The topological polar surface area (TPSA) is 58.6 Å². The molecule has 0 aliphatic carbocycles. The third-order valence-corrected chi connectivity index (χ3v) is 4.58. The first-order chi connectivity index (χ1) is 13.0. The Morgan fingerprint density at radius 2 is 1.85 bits per heavy atom. The van der Waals surface area contributed by atoms with E-state index in [1.54, 1.807) is 7.11 Å². The molecule has 2 aromatic carbocycles. The van der Waals surface area contributed by atoms with Crippen molar-refractivity contribution in [2.75, 3.05) is 25.1 Å². The Kier molecular flexibility index (Phi) is 5.69. The molecule has 5 nitrogen and oxygen atoms in total. The van der Waals surface area contributed by atoms with Crippen LogP contribution in [0.1, 0.15) is 12.0 Å². The van der Waals surface area contributed by atoms with E-state index in [0.29, 0.717) is 13.0 Å². The molecule has 142 valence electrons. The Bertz CT molecular complexity index is 819. The monoisotopic (exact) mass is 374 g/mol. The SMILES string of the molecule is COc1ccc(CCNC(=O)C2CC(=O)N(c3c(F)cccc3F)C2)cc1. The summed E-state index contributed by atoms with van der Waals surface area (Å²) < 4.78 is 32.9. The first kappa shape index (κ1) is 18.8. The second-order valence-corrected chi connectivity index (χ2v) is 6.36. The smallest absolute Gasteiger partial charge is 0.228 e. The molecule has 1 saturated heterocycles. The molecule has 2 amide bonds. The van der Waals surface area contributed by atoms with Crippen LogP contribution in [0.15, 0.2) is 42.5 Å². The Balaban J connectivity index is 1.56. The first-order valence-electron chi connectivity index (χ1n) is 8.64. The molecule has 0 radical (unpaired) electrons. The quantitative estimate of drug-likeness (QED) is 0.846. The number of rotatable bonds is 6. The van der Waals surface area contributed by atoms with E-state index in [9.17, 15) is 18.4 Å². The van der Waals surface area contributed by atoms with Crippen LogP contribution in [0.5, 0.6) is 5.75 Å². The molecular weight excluding hydrogens is 354 g/mol. The lowest BCUT2D eigenvalue weighted by molar-refractivity contribution is -0.126. The summed E-state index contributed by atoms with van der Waals surface area (Å²) in [5, 5.41) is 2.79. The molecule has 7 heteroatoms. The van der Waals surface area contributed by atoms with E-state index in [4.69, 9.17) is 4.74 Å². The van der Waals surface area contributed by atoms with Crippen molar-refractivity contribution in [3.63, 3.8) is 0 Å². The van der Waals surface area contributed by atoms with Crippen LogP contribution < -0.4 is 15.0 Å². The average Bonchev–Trinajstić information content (AvgIpc) is 3.04. The van der Waals surface area contributed by atoms with Gasteiger partial charge in [0.15, 0.2) is 0 Å². The molecule has 0 saturated carbocycles. The second-order valence-electron chi connectivity index (χ2n) is 6.36. The van der Waals surface area contributed by atoms with Gasteiger partial charge in [0.2, 0.25) is 11.8 Å².